The molecule has 0 aromatic carbocycles. The third kappa shape index (κ3) is 2.67. The Morgan fingerprint density at radius 3 is 3.00 bits per heavy atom. The van der Waals surface area contributed by atoms with Crippen molar-refractivity contribution in [3.8, 4) is 0 Å². The molecule has 1 fully saturated rings. The molecule has 7 nitrogen and oxygen atoms in total. The van der Waals surface area contributed by atoms with E-state index in [-0.39, 0.29) is 11.9 Å². The van der Waals surface area contributed by atoms with Gasteiger partial charge in [0, 0.05) is 18.9 Å². The van der Waals surface area contributed by atoms with E-state index in [9.17, 15) is 5.11 Å². The van der Waals surface area contributed by atoms with Crippen LogP contribution in [-0.2, 0) is 4.74 Å². The highest BCUT2D eigenvalue weighted by molar-refractivity contribution is 6.33. The van der Waals surface area contributed by atoms with Crippen molar-refractivity contribution in [1.82, 2.24) is 19.4 Å². The second-order valence-corrected chi connectivity index (χ2v) is 6.83. The van der Waals surface area contributed by atoms with Crippen molar-refractivity contribution in [2.24, 2.45) is 0 Å². The Hall–Kier alpha value is -1.67. The first-order valence-corrected chi connectivity index (χ1v) is 8.24. The monoisotopic (exact) mass is 367 g/mol. The summed E-state index contributed by atoms with van der Waals surface area (Å²) in [6, 6.07) is 1.83. The van der Waals surface area contributed by atoms with E-state index < -0.39 is 5.60 Å². The predicted molar refractivity (Wildman–Crippen MR) is 92.0 cm³/mol. The maximum absolute atomic E-state index is 10.5. The summed E-state index contributed by atoms with van der Waals surface area (Å²) in [5.41, 5.74) is 1.19. The summed E-state index contributed by atoms with van der Waals surface area (Å²) in [5.74, 6) is 0.637. The third-order valence-corrected chi connectivity index (χ3v) is 4.46. The number of fused-ring (bicyclic) bond motifs is 3. The minimum atomic E-state index is -0.980. The van der Waals surface area contributed by atoms with Gasteiger partial charge in [-0.1, -0.05) is 11.6 Å². The molecule has 3 aromatic heterocycles. The fourth-order valence-corrected chi connectivity index (χ4v) is 3.41. The van der Waals surface area contributed by atoms with Crippen LogP contribution in [0.1, 0.15) is 6.92 Å². The van der Waals surface area contributed by atoms with Gasteiger partial charge in [-0.15, -0.1) is 0 Å². The number of aliphatic hydroxyl groups is 1. The van der Waals surface area contributed by atoms with Gasteiger partial charge in [0.15, 0.2) is 11.0 Å². The molecule has 0 bridgehead atoms. The fourth-order valence-electron chi connectivity index (χ4n) is 3.03. The van der Waals surface area contributed by atoms with Crippen LogP contribution < -0.4 is 4.90 Å². The largest absolute Gasteiger partial charge is 0.386 e. The van der Waals surface area contributed by atoms with Crippen molar-refractivity contribution in [3.05, 3.63) is 28.9 Å². The average Bonchev–Trinajstić information content (AvgIpc) is 2.79. The quantitative estimate of drug-likeness (QED) is 0.664. The van der Waals surface area contributed by atoms with Crippen LogP contribution in [0, 0.1) is 0 Å². The summed E-state index contributed by atoms with van der Waals surface area (Å²) in [5, 5.41) is 11.0. The van der Waals surface area contributed by atoms with Gasteiger partial charge < -0.3 is 19.1 Å². The molecule has 126 valence electrons. The molecule has 0 radical (unpaired) electrons. The van der Waals surface area contributed by atoms with Crippen LogP contribution in [0.25, 0.3) is 16.6 Å². The fraction of sp³-hybridized carbons (Fsp3) is 0.400. The summed E-state index contributed by atoms with van der Waals surface area (Å²) in [4.78, 5) is 14.8. The summed E-state index contributed by atoms with van der Waals surface area (Å²) in [7, 11) is 0. The van der Waals surface area contributed by atoms with Gasteiger partial charge in [0.25, 0.3) is 0 Å². The number of halogens is 2. The molecule has 0 unspecified atom stereocenters. The number of hydrogen-bond acceptors (Lipinski definition) is 6. The van der Waals surface area contributed by atoms with Crippen molar-refractivity contribution in [2.45, 2.75) is 12.5 Å². The first-order chi connectivity index (χ1) is 11.4. The van der Waals surface area contributed by atoms with Crippen LogP contribution in [0.15, 0.2) is 18.5 Å². The molecule has 0 spiro atoms. The standard InChI is InChI=1S/C15H15Cl2N5O2/c1-15(23)7-21(4-5-24-8-15)13-11-9(19-14(17)20-13)6-10-12(16)18-2-3-22(10)11/h2-3,6,23H,4-5,7-8H2,1H3/t15-/m0/s1. The number of β-amino-alcohol motifs (C(OH)–C–C–N with tert-alkyl or cyclic N) is 1. The zero-order chi connectivity index (χ0) is 16.9. The Labute approximate surface area is 147 Å². The molecule has 1 saturated heterocycles. The molecule has 0 saturated carbocycles. The number of nitrogens with zero attached hydrogens (tertiary/aromatic N) is 5. The highest BCUT2D eigenvalue weighted by Gasteiger charge is 2.30. The van der Waals surface area contributed by atoms with Crippen molar-refractivity contribution < 1.29 is 9.84 Å². The minimum Gasteiger partial charge on any atom is -0.386 e. The van der Waals surface area contributed by atoms with E-state index in [0.717, 1.165) is 11.0 Å². The molecule has 24 heavy (non-hydrogen) atoms. The lowest BCUT2D eigenvalue weighted by Crippen LogP contribution is -2.42. The summed E-state index contributed by atoms with van der Waals surface area (Å²) >= 11 is 12.3. The number of aromatic nitrogens is 4. The topological polar surface area (TPSA) is 75.8 Å². The smallest absolute Gasteiger partial charge is 0.225 e. The second-order valence-electron chi connectivity index (χ2n) is 6.14. The van der Waals surface area contributed by atoms with Crippen LogP contribution in [0.4, 0.5) is 5.82 Å². The molecule has 0 aliphatic carbocycles. The van der Waals surface area contributed by atoms with Gasteiger partial charge in [0.2, 0.25) is 5.28 Å². The molecular weight excluding hydrogens is 353 g/mol. The highest BCUT2D eigenvalue weighted by atomic mass is 35.5. The van der Waals surface area contributed by atoms with E-state index in [4.69, 9.17) is 27.9 Å². The molecule has 1 N–H and O–H groups in total. The van der Waals surface area contributed by atoms with Crippen molar-refractivity contribution in [1.29, 1.82) is 0 Å². The molecule has 4 rings (SSSR count). The van der Waals surface area contributed by atoms with E-state index >= 15 is 0 Å². The summed E-state index contributed by atoms with van der Waals surface area (Å²) < 4.78 is 7.37. The van der Waals surface area contributed by atoms with Gasteiger partial charge in [-0.05, 0) is 24.6 Å². The van der Waals surface area contributed by atoms with Crippen LogP contribution in [-0.4, -0.2) is 56.4 Å². The lowest BCUT2D eigenvalue weighted by molar-refractivity contribution is -0.0123. The second kappa shape index (κ2) is 5.70. The third-order valence-electron chi connectivity index (χ3n) is 4.00. The van der Waals surface area contributed by atoms with E-state index in [0.29, 0.717) is 36.2 Å². The van der Waals surface area contributed by atoms with Crippen molar-refractivity contribution in [2.75, 3.05) is 31.2 Å². The maximum Gasteiger partial charge on any atom is 0.225 e. The Balaban J connectivity index is 1.97. The molecule has 3 aromatic rings. The molecule has 9 heteroatoms. The summed E-state index contributed by atoms with van der Waals surface area (Å²) in [6.07, 6.45) is 3.42. The molecule has 4 heterocycles. The normalized spacial score (nSPS) is 22.2. The Kier molecular flexibility index (Phi) is 3.76. The van der Waals surface area contributed by atoms with Crippen LogP contribution in [0.3, 0.4) is 0 Å². The number of hydrogen-bond donors (Lipinski definition) is 1. The molecular formula is C15H15Cl2N5O2. The van der Waals surface area contributed by atoms with Crippen LogP contribution in [0.5, 0.6) is 0 Å². The molecule has 0 amide bonds. The number of ether oxygens (including phenoxy) is 1. The van der Waals surface area contributed by atoms with E-state index in [1.165, 1.54) is 0 Å². The Morgan fingerprint density at radius 2 is 2.17 bits per heavy atom. The van der Waals surface area contributed by atoms with Crippen LogP contribution in [0.2, 0.25) is 10.4 Å². The average molecular weight is 368 g/mol. The maximum atomic E-state index is 10.5. The van der Waals surface area contributed by atoms with Crippen molar-refractivity contribution in [3.63, 3.8) is 0 Å². The van der Waals surface area contributed by atoms with Gasteiger partial charge in [-0.25, -0.2) is 9.97 Å². The number of rotatable bonds is 1. The van der Waals surface area contributed by atoms with E-state index in [1.807, 2.05) is 15.4 Å². The van der Waals surface area contributed by atoms with Gasteiger partial charge >= 0.3 is 0 Å². The summed E-state index contributed by atoms with van der Waals surface area (Å²) in [6.45, 7) is 3.47. The minimum absolute atomic E-state index is 0.141. The zero-order valence-electron chi connectivity index (χ0n) is 12.9. The van der Waals surface area contributed by atoms with Gasteiger partial charge in [-0.3, -0.25) is 0 Å². The predicted octanol–water partition coefficient (Wildman–Crippen LogP) is 2.17. The first-order valence-electron chi connectivity index (χ1n) is 7.48. The highest BCUT2D eigenvalue weighted by Crippen LogP contribution is 2.31. The van der Waals surface area contributed by atoms with Gasteiger partial charge in [0.1, 0.15) is 11.1 Å². The Bertz CT molecular complexity index is 927. The molecule has 1 aliphatic rings. The SMILES string of the molecule is C[C@@]1(O)COCCN(c2nc(Cl)nc3cc4c(Cl)nccn4c23)C1. The Morgan fingerprint density at radius 1 is 1.33 bits per heavy atom. The van der Waals surface area contributed by atoms with E-state index in [2.05, 4.69) is 15.0 Å². The van der Waals surface area contributed by atoms with Gasteiger partial charge in [-0.2, -0.15) is 4.98 Å². The first kappa shape index (κ1) is 15.8. The molecule has 1 atom stereocenters. The zero-order valence-corrected chi connectivity index (χ0v) is 14.4. The number of anilines is 1. The van der Waals surface area contributed by atoms with E-state index in [1.54, 1.807) is 19.3 Å². The van der Waals surface area contributed by atoms with Crippen LogP contribution >= 0.6 is 23.2 Å². The molecule has 1 aliphatic heterocycles. The lowest BCUT2D eigenvalue weighted by Gasteiger charge is -2.28. The van der Waals surface area contributed by atoms with Crippen molar-refractivity contribution >= 4 is 45.6 Å². The lowest BCUT2D eigenvalue weighted by atomic mass is 10.1. The van der Waals surface area contributed by atoms with Gasteiger partial charge in [0.05, 0.1) is 30.8 Å².